The molecule has 0 N–H and O–H groups in total. The third-order valence-electron chi connectivity index (χ3n) is 2.37. The van der Waals surface area contributed by atoms with Crippen molar-refractivity contribution in [3.05, 3.63) is 0 Å². The molecule has 0 saturated heterocycles. The predicted molar refractivity (Wildman–Crippen MR) is 70.5 cm³/mol. The molecule has 6 heteroatoms. The lowest BCUT2D eigenvalue weighted by molar-refractivity contribution is -0.172. The molecule has 0 radical (unpaired) electrons. The second-order valence-corrected chi connectivity index (χ2v) is 5.57. The number of hydrogen-bond acceptors (Lipinski definition) is 4. The molecular weight excluding hydrogens is 270 g/mol. The number of halogens is 2. The molecule has 0 rings (SSSR count). The number of esters is 2. The molecule has 4 nitrogen and oxygen atoms in total. The highest BCUT2D eigenvalue weighted by Crippen LogP contribution is 2.23. The fourth-order valence-corrected chi connectivity index (χ4v) is 1.52. The van der Waals surface area contributed by atoms with Crippen LogP contribution in [0.3, 0.4) is 0 Å². The molecule has 0 bridgehead atoms. The summed E-state index contributed by atoms with van der Waals surface area (Å²) in [5, 5.41) is 0. The lowest BCUT2D eigenvalue weighted by atomic mass is 10.1. The molecule has 0 heterocycles. The van der Waals surface area contributed by atoms with Crippen molar-refractivity contribution in [3.63, 3.8) is 0 Å². The first-order valence-electron chi connectivity index (χ1n) is 6.85. The van der Waals surface area contributed by atoms with Gasteiger partial charge in [-0.15, -0.1) is 0 Å². The van der Waals surface area contributed by atoms with Gasteiger partial charge in [0, 0.05) is 12.8 Å². The topological polar surface area (TPSA) is 52.6 Å². The average molecular weight is 294 g/mol. The lowest BCUT2D eigenvalue weighted by Crippen LogP contribution is -2.30. The van der Waals surface area contributed by atoms with Crippen molar-refractivity contribution in [2.45, 2.75) is 71.3 Å². The summed E-state index contributed by atoms with van der Waals surface area (Å²) in [5.74, 6) is -5.26. The Kier molecular flexibility index (Phi) is 7.68. The average Bonchev–Trinajstić information content (AvgIpc) is 2.26. The van der Waals surface area contributed by atoms with Gasteiger partial charge in [-0.3, -0.25) is 4.79 Å². The second kappa shape index (κ2) is 8.17. The van der Waals surface area contributed by atoms with Gasteiger partial charge in [-0.2, -0.15) is 8.78 Å². The Bertz CT molecular complexity index is 322. The van der Waals surface area contributed by atoms with Gasteiger partial charge in [0.05, 0.1) is 6.61 Å². The zero-order valence-electron chi connectivity index (χ0n) is 12.6. The van der Waals surface area contributed by atoms with E-state index in [1.165, 1.54) is 6.92 Å². The summed E-state index contributed by atoms with van der Waals surface area (Å²) in [6.45, 7) is 6.72. The van der Waals surface area contributed by atoms with Crippen LogP contribution in [-0.4, -0.2) is 30.1 Å². The van der Waals surface area contributed by atoms with Crippen molar-refractivity contribution >= 4 is 11.9 Å². The number of unbranched alkanes of at least 4 members (excludes halogenated alkanes) is 2. The highest BCUT2D eigenvalue weighted by molar-refractivity contribution is 5.77. The number of rotatable bonds is 8. The molecule has 0 saturated carbocycles. The normalized spacial score (nSPS) is 12.1. The largest absolute Gasteiger partial charge is 0.462 e. The van der Waals surface area contributed by atoms with E-state index >= 15 is 0 Å². The third kappa shape index (κ3) is 8.82. The number of carbonyl (C=O) groups is 2. The van der Waals surface area contributed by atoms with Gasteiger partial charge < -0.3 is 9.47 Å². The van der Waals surface area contributed by atoms with Gasteiger partial charge in [0.2, 0.25) is 0 Å². The predicted octanol–water partition coefficient (Wildman–Crippen LogP) is 3.48. The molecule has 0 atom stereocenters. The Labute approximate surface area is 118 Å². The monoisotopic (exact) mass is 294 g/mol. The maximum Gasteiger partial charge on any atom is 0.376 e. The van der Waals surface area contributed by atoms with Crippen LogP contribution < -0.4 is 0 Å². The van der Waals surface area contributed by atoms with Crippen LogP contribution >= 0.6 is 0 Å². The maximum atomic E-state index is 13.2. The molecule has 0 unspecified atom stereocenters. The minimum absolute atomic E-state index is 0.0624. The van der Waals surface area contributed by atoms with E-state index in [1.54, 1.807) is 20.8 Å². The second-order valence-electron chi connectivity index (χ2n) is 5.57. The molecule has 0 amide bonds. The molecular formula is C14H24F2O4. The van der Waals surface area contributed by atoms with Crippen molar-refractivity contribution < 1.29 is 27.8 Å². The summed E-state index contributed by atoms with van der Waals surface area (Å²) in [4.78, 5) is 22.3. The van der Waals surface area contributed by atoms with Crippen LogP contribution in [0.1, 0.15) is 59.8 Å². The SMILES string of the molecule is CCOC(=O)C(F)(F)CCCCCC(=O)OC(C)(C)C. The molecule has 0 aliphatic carbocycles. The molecule has 0 aromatic heterocycles. The quantitative estimate of drug-likeness (QED) is 0.508. The standard InChI is InChI=1S/C14H24F2O4/c1-5-19-12(18)14(15,16)10-8-6-7-9-11(17)20-13(2,3)4/h5-10H2,1-4H3. The Balaban J connectivity index is 3.81. The van der Waals surface area contributed by atoms with E-state index < -0.39 is 23.9 Å². The third-order valence-corrected chi connectivity index (χ3v) is 2.37. The zero-order chi connectivity index (χ0) is 15.8. The first-order valence-corrected chi connectivity index (χ1v) is 6.85. The Morgan fingerprint density at radius 1 is 1.05 bits per heavy atom. The van der Waals surface area contributed by atoms with Gasteiger partial charge >= 0.3 is 17.9 Å². The maximum absolute atomic E-state index is 13.2. The molecule has 0 aliphatic rings. The van der Waals surface area contributed by atoms with Gasteiger partial charge in [0.1, 0.15) is 5.60 Å². The van der Waals surface area contributed by atoms with Crippen LogP contribution in [0.15, 0.2) is 0 Å². The van der Waals surface area contributed by atoms with E-state index in [9.17, 15) is 18.4 Å². The summed E-state index contributed by atoms with van der Waals surface area (Å²) in [5.41, 5.74) is -0.534. The minimum Gasteiger partial charge on any atom is -0.462 e. The van der Waals surface area contributed by atoms with Crippen molar-refractivity contribution in [1.29, 1.82) is 0 Å². The summed E-state index contributed by atoms with van der Waals surface area (Å²) >= 11 is 0. The van der Waals surface area contributed by atoms with Gasteiger partial charge in [0.25, 0.3) is 0 Å². The van der Waals surface area contributed by atoms with E-state index in [0.29, 0.717) is 12.8 Å². The van der Waals surface area contributed by atoms with Gasteiger partial charge in [-0.25, -0.2) is 4.79 Å². The fraction of sp³-hybridized carbons (Fsp3) is 0.857. The summed E-state index contributed by atoms with van der Waals surface area (Å²) < 4.78 is 35.9. The van der Waals surface area contributed by atoms with Crippen molar-refractivity contribution in [3.8, 4) is 0 Å². The summed E-state index contributed by atoms with van der Waals surface area (Å²) in [7, 11) is 0. The van der Waals surface area contributed by atoms with E-state index in [0.717, 1.165) is 0 Å². The van der Waals surface area contributed by atoms with Gasteiger partial charge in [-0.1, -0.05) is 6.42 Å². The van der Waals surface area contributed by atoms with Crippen molar-refractivity contribution in [1.82, 2.24) is 0 Å². The van der Waals surface area contributed by atoms with Crippen LogP contribution in [-0.2, 0) is 19.1 Å². The molecule has 0 aliphatic heterocycles. The number of carbonyl (C=O) groups excluding carboxylic acids is 2. The van der Waals surface area contributed by atoms with E-state index in [2.05, 4.69) is 4.74 Å². The van der Waals surface area contributed by atoms with Crippen LogP contribution in [0.2, 0.25) is 0 Å². The molecule has 0 aromatic carbocycles. The highest BCUT2D eigenvalue weighted by atomic mass is 19.3. The van der Waals surface area contributed by atoms with E-state index in [-0.39, 0.29) is 25.4 Å². The summed E-state index contributed by atoms with van der Waals surface area (Å²) in [6, 6.07) is 0. The zero-order valence-corrected chi connectivity index (χ0v) is 12.6. The fourth-order valence-electron chi connectivity index (χ4n) is 1.52. The van der Waals surface area contributed by atoms with E-state index in [1.807, 2.05) is 0 Å². The van der Waals surface area contributed by atoms with Gasteiger partial charge in [0.15, 0.2) is 0 Å². The van der Waals surface area contributed by atoms with Crippen LogP contribution in [0.4, 0.5) is 8.78 Å². The Hall–Kier alpha value is -1.20. The number of ether oxygens (including phenoxy) is 2. The molecule has 20 heavy (non-hydrogen) atoms. The molecule has 0 aromatic rings. The van der Waals surface area contributed by atoms with E-state index in [4.69, 9.17) is 4.74 Å². The van der Waals surface area contributed by atoms with Crippen LogP contribution in [0.5, 0.6) is 0 Å². The van der Waals surface area contributed by atoms with Crippen molar-refractivity contribution in [2.75, 3.05) is 6.61 Å². The molecule has 0 fully saturated rings. The Morgan fingerprint density at radius 2 is 1.65 bits per heavy atom. The Morgan fingerprint density at radius 3 is 2.15 bits per heavy atom. The van der Waals surface area contributed by atoms with Crippen molar-refractivity contribution in [2.24, 2.45) is 0 Å². The van der Waals surface area contributed by atoms with Crippen LogP contribution in [0.25, 0.3) is 0 Å². The smallest absolute Gasteiger partial charge is 0.376 e. The first kappa shape index (κ1) is 18.8. The first-order chi connectivity index (χ1) is 9.08. The summed E-state index contributed by atoms with van der Waals surface area (Å²) in [6.07, 6.45) is 0.707. The van der Waals surface area contributed by atoms with Crippen LogP contribution in [0, 0.1) is 0 Å². The number of hydrogen-bond donors (Lipinski definition) is 0. The molecule has 0 spiro atoms. The minimum atomic E-state index is -3.44. The highest BCUT2D eigenvalue weighted by Gasteiger charge is 2.39. The lowest BCUT2D eigenvalue weighted by Gasteiger charge is -2.19. The molecule has 118 valence electrons. The number of alkyl halides is 2. The van der Waals surface area contributed by atoms with Gasteiger partial charge in [-0.05, 0) is 40.5 Å².